The maximum absolute atomic E-state index is 14.3. The van der Waals surface area contributed by atoms with Crippen LogP contribution in [0.2, 0.25) is 0 Å². The van der Waals surface area contributed by atoms with Crippen molar-refractivity contribution < 1.29 is 19.0 Å². The summed E-state index contributed by atoms with van der Waals surface area (Å²) in [5.74, 6) is 0.117. The fraction of sp³-hybridized carbons (Fsp3) is 0.368. The Kier molecular flexibility index (Phi) is 5.68. The second-order valence-electron chi connectivity index (χ2n) is 7.01. The number of methoxy groups -OCH3 is 1. The van der Waals surface area contributed by atoms with E-state index in [1.165, 1.54) is 19.2 Å². The van der Waals surface area contributed by atoms with E-state index in [-0.39, 0.29) is 29.2 Å². The minimum atomic E-state index is -1.08. The molecular weight excluding hydrogens is 379 g/mol. The maximum Gasteiger partial charge on any atom is 0.404 e. The number of carboxylic acid groups (broad SMARTS) is 1. The zero-order valence-corrected chi connectivity index (χ0v) is 16.0. The zero-order chi connectivity index (χ0) is 21.1. The van der Waals surface area contributed by atoms with Gasteiger partial charge in [-0.3, -0.25) is 0 Å². The predicted molar refractivity (Wildman–Crippen MR) is 104 cm³/mol. The molecule has 1 aromatic heterocycles. The molecule has 1 fully saturated rings. The predicted octanol–water partition coefficient (Wildman–Crippen LogP) is 2.23. The van der Waals surface area contributed by atoms with Crippen LogP contribution < -0.4 is 20.7 Å². The lowest BCUT2D eigenvalue weighted by molar-refractivity contribution is 0.186. The van der Waals surface area contributed by atoms with Gasteiger partial charge in [-0.1, -0.05) is 6.92 Å². The van der Waals surface area contributed by atoms with Crippen LogP contribution in [0.3, 0.4) is 0 Å². The van der Waals surface area contributed by atoms with Crippen molar-refractivity contribution in [3.8, 4) is 23.1 Å². The number of nitrogens with zero attached hydrogens (tertiary/aromatic N) is 4. The number of hydrogen-bond acceptors (Lipinski definition) is 7. The molecule has 9 nitrogen and oxygen atoms in total. The van der Waals surface area contributed by atoms with Gasteiger partial charge in [-0.25, -0.2) is 14.2 Å². The van der Waals surface area contributed by atoms with E-state index in [1.807, 2.05) is 11.8 Å². The van der Waals surface area contributed by atoms with Gasteiger partial charge in [0.25, 0.3) is 0 Å². The highest BCUT2D eigenvalue weighted by atomic mass is 19.1. The molecule has 10 heteroatoms. The van der Waals surface area contributed by atoms with Crippen molar-refractivity contribution >= 4 is 17.9 Å². The molecule has 0 saturated carbocycles. The molecule has 1 saturated heterocycles. The van der Waals surface area contributed by atoms with Crippen LogP contribution in [0.4, 0.5) is 21.0 Å². The minimum Gasteiger partial charge on any atom is -0.495 e. The van der Waals surface area contributed by atoms with E-state index in [0.29, 0.717) is 36.6 Å². The molecule has 152 valence electrons. The summed E-state index contributed by atoms with van der Waals surface area (Å²) in [6, 6.07) is 5.89. The van der Waals surface area contributed by atoms with Crippen LogP contribution in [0.15, 0.2) is 18.2 Å². The molecule has 2 heterocycles. The SMILES string of the molecule is COc1cc(-c2cc(N3C[C@H](C)C[C@@H](NC(=O)O)C3)nc(N)n2)cc(F)c1C#N. The Morgan fingerprint density at radius 1 is 1.41 bits per heavy atom. The fourth-order valence-corrected chi connectivity index (χ4v) is 3.58. The molecule has 1 amide bonds. The van der Waals surface area contributed by atoms with Gasteiger partial charge < -0.3 is 25.8 Å². The number of anilines is 2. The van der Waals surface area contributed by atoms with Gasteiger partial charge >= 0.3 is 6.09 Å². The van der Waals surface area contributed by atoms with Gasteiger partial charge in [-0.15, -0.1) is 0 Å². The van der Waals surface area contributed by atoms with Crippen LogP contribution in [-0.2, 0) is 0 Å². The summed E-state index contributed by atoms with van der Waals surface area (Å²) in [5.41, 5.74) is 6.45. The normalized spacial score (nSPS) is 18.8. The van der Waals surface area contributed by atoms with Crippen molar-refractivity contribution in [2.24, 2.45) is 5.92 Å². The average molecular weight is 400 g/mol. The van der Waals surface area contributed by atoms with E-state index in [9.17, 15) is 9.18 Å². The van der Waals surface area contributed by atoms with Crippen molar-refractivity contribution in [1.82, 2.24) is 15.3 Å². The molecule has 1 aliphatic rings. The molecule has 4 N–H and O–H groups in total. The number of nitrogens with two attached hydrogens (primary N) is 1. The molecule has 0 bridgehead atoms. The summed E-state index contributed by atoms with van der Waals surface area (Å²) in [6.45, 7) is 3.12. The lowest BCUT2D eigenvalue weighted by Gasteiger charge is -2.37. The average Bonchev–Trinajstić information content (AvgIpc) is 2.65. The summed E-state index contributed by atoms with van der Waals surface area (Å²) >= 11 is 0. The minimum absolute atomic E-state index is 0.00204. The molecule has 0 unspecified atom stereocenters. The van der Waals surface area contributed by atoms with E-state index in [4.69, 9.17) is 20.8 Å². The number of carbonyl (C=O) groups is 1. The van der Waals surface area contributed by atoms with E-state index < -0.39 is 11.9 Å². The number of nitrogen functional groups attached to an aromatic ring is 1. The second-order valence-corrected chi connectivity index (χ2v) is 7.01. The molecule has 3 rings (SSSR count). The Balaban J connectivity index is 1.98. The van der Waals surface area contributed by atoms with E-state index in [0.717, 1.165) is 0 Å². The first-order chi connectivity index (χ1) is 13.8. The lowest BCUT2D eigenvalue weighted by Crippen LogP contribution is -2.50. The highest BCUT2D eigenvalue weighted by molar-refractivity contribution is 5.68. The third-order valence-electron chi connectivity index (χ3n) is 4.72. The van der Waals surface area contributed by atoms with Crippen LogP contribution in [0, 0.1) is 23.1 Å². The number of benzene rings is 1. The number of hydrogen-bond donors (Lipinski definition) is 3. The lowest BCUT2D eigenvalue weighted by atomic mass is 9.96. The van der Waals surface area contributed by atoms with Crippen molar-refractivity contribution in [2.75, 3.05) is 30.8 Å². The van der Waals surface area contributed by atoms with Crippen molar-refractivity contribution in [2.45, 2.75) is 19.4 Å². The van der Waals surface area contributed by atoms with E-state index in [2.05, 4.69) is 15.3 Å². The summed E-state index contributed by atoms with van der Waals surface area (Å²) in [4.78, 5) is 21.4. The summed E-state index contributed by atoms with van der Waals surface area (Å²) in [5, 5.41) is 20.6. The van der Waals surface area contributed by atoms with E-state index >= 15 is 0 Å². The molecule has 0 spiro atoms. The van der Waals surface area contributed by atoms with Crippen LogP contribution in [0.1, 0.15) is 18.9 Å². The van der Waals surface area contributed by atoms with Gasteiger partial charge in [-0.2, -0.15) is 10.2 Å². The molecule has 0 aliphatic carbocycles. The second kappa shape index (κ2) is 8.18. The Bertz CT molecular complexity index is 977. The fourth-order valence-electron chi connectivity index (χ4n) is 3.58. The number of piperidine rings is 1. The van der Waals surface area contributed by atoms with Gasteiger partial charge in [0.05, 0.1) is 18.8 Å². The largest absolute Gasteiger partial charge is 0.495 e. The molecule has 2 atom stereocenters. The number of aromatic nitrogens is 2. The first kappa shape index (κ1) is 20.1. The summed E-state index contributed by atoms with van der Waals surface area (Å²) in [7, 11) is 1.35. The van der Waals surface area contributed by atoms with Crippen LogP contribution >= 0.6 is 0 Å². The quantitative estimate of drug-likeness (QED) is 0.710. The number of rotatable bonds is 4. The Hall–Kier alpha value is -3.61. The van der Waals surface area contributed by atoms with Crippen molar-refractivity contribution in [3.63, 3.8) is 0 Å². The van der Waals surface area contributed by atoms with Crippen molar-refractivity contribution in [3.05, 3.63) is 29.6 Å². The standard InChI is InChI=1S/C19H21FN6O3/c1-10-3-12(23-19(27)28)9-26(8-10)17-6-15(24-18(22)25-17)11-4-14(20)13(7-21)16(5-11)29-2/h4-6,10,12,23H,3,8-9H2,1-2H3,(H,27,28)(H2,22,24,25)/t10-,12-/m1/s1. The van der Waals surface area contributed by atoms with Gasteiger partial charge in [0, 0.05) is 24.7 Å². The third-order valence-corrected chi connectivity index (χ3v) is 4.72. The molecule has 0 radical (unpaired) electrons. The van der Waals surface area contributed by atoms with Gasteiger partial charge in [0.2, 0.25) is 5.95 Å². The Labute approximate surface area is 166 Å². The number of ether oxygens (including phenoxy) is 1. The van der Waals surface area contributed by atoms with Gasteiger partial charge in [0.1, 0.15) is 29.0 Å². The van der Waals surface area contributed by atoms with Crippen LogP contribution in [-0.4, -0.2) is 47.4 Å². The Morgan fingerprint density at radius 3 is 2.83 bits per heavy atom. The third kappa shape index (κ3) is 4.45. The molecule has 29 heavy (non-hydrogen) atoms. The van der Waals surface area contributed by atoms with Crippen LogP contribution in [0.25, 0.3) is 11.3 Å². The monoisotopic (exact) mass is 400 g/mol. The zero-order valence-electron chi connectivity index (χ0n) is 16.0. The number of nitriles is 1. The summed E-state index contributed by atoms with van der Waals surface area (Å²) in [6.07, 6.45) is -0.360. The first-order valence-corrected chi connectivity index (χ1v) is 8.97. The topological polar surface area (TPSA) is 137 Å². The first-order valence-electron chi connectivity index (χ1n) is 8.97. The number of amides is 1. The highest BCUT2D eigenvalue weighted by Crippen LogP contribution is 2.31. The molecule has 1 aromatic carbocycles. The highest BCUT2D eigenvalue weighted by Gasteiger charge is 2.27. The number of halogens is 1. The van der Waals surface area contributed by atoms with Crippen molar-refractivity contribution in [1.29, 1.82) is 5.26 Å². The van der Waals surface area contributed by atoms with Gasteiger partial charge in [0.15, 0.2) is 0 Å². The summed E-state index contributed by atoms with van der Waals surface area (Å²) < 4.78 is 19.4. The number of nitrogens with one attached hydrogen (secondary N) is 1. The smallest absolute Gasteiger partial charge is 0.404 e. The molecular formula is C19H21FN6O3. The molecule has 2 aromatic rings. The van der Waals surface area contributed by atoms with Crippen LogP contribution in [0.5, 0.6) is 5.75 Å². The molecule has 1 aliphatic heterocycles. The maximum atomic E-state index is 14.3. The van der Waals surface area contributed by atoms with Gasteiger partial charge in [-0.05, 0) is 24.5 Å². The van der Waals surface area contributed by atoms with E-state index in [1.54, 1.807) is 12.1 Å². The Morgan fingerprint density at radius 2 is 2.17 bits per heavy atom.